The monoisotopic (exact) mass is 415 g/mol. The van der Waals surface area contributed by atoms with Gasteiger partial charge in [0.1, 0.15) is 21.3 Å². The molecule has 0 saturated heterocycles. The van der Waals surface area contributed by atoms with Crippen LogP contribution in [0.4, 0.5) is 5.82 Å². The summed E-state index contributed by atoms with van der Waals surface area (Å²) in [6.07, 6.45) is 0. The van der Waals surface area contributed by atoms with Crippen LogP contribution in [0, 0.1) is 13.8 Å². The fraction of sp³-hybridized carbons (Fsp3) is 0.381. The summed E-state index contributed by atoms with van der Waals surface area (Å²) in [7, 11) is 5.21. The van der Waals surface area contributed by atoms with Gasteiger partial charge in [-0.2, -0.15) is 0 Å². The first-order valence-corrected chi connectivity index (χ1v) is 10.1. The van der Waals surface area contributed by atoms with Gasteiger partial charge < -0.3 is 19.1 Å². The molecule has 3 rings (SSSR count). The molecule has 2 heterocycles. The number of carbonyl (C=O) groups is 1. The molecule has 0 aliphatic rings. The maximum absolute atomic E-state index is 12.3. The number of ether oxygens (including phenoxy) is 3. The Morgan fingerprint density at radius 1 is 1.14 bits per heavy atom. The standard InChI is InChI=1S/C21H25N3O4S/c1-7-28-21(25)18-12(2)17-19(22-13(3)23-20(17)29-18)24(4)11-14-8-9-15(26-5)16(10-14)27-6/h8-10H,7,11H2,1-6H3. The molecule has 0 aliphatic heterocycles. The first kappa shape index (κ1) is 20.9. The number of nitrogens with zero attached hydrogens (tertiary/aromatic N) is 3. The minimum atomic E-state index is -0.320. The molecule has 1 aromatic carbocycles. The molecule has 0 spiro atoms. The Bertz CT molecular complexity index is 1050. The number of aromatic nitrogens is 2. The van der Waals surface area contributed by atoms with Crippen LogP contribution in [0.1, 0.15) is 33.5 Å². The Labute approximate surface area is 174 Å². The second-order valence-electron chi connectivity index (χ2n) is 6.60. The highest BCUT2D eigenvalue weighted by Crippen LogP contribution is 2.36. The highest BCUT2D eigenvalue weighted by Gasteiger charge is 2.22. The zero-order chi connectivity index (χ0) is 21.1. The van der Waals surface area contributed by atoms with Crippen molar-refractivity contribution in [3.05, 3.63) is 40.0 Å². The van der Waals surface area contributed by atoms with Gasteiger partial charge >= 0.3 is 5.97 Å². The van der Waals surface area contributed by atoms with Crippen molar-refractivity contribution in [3.8, 4) is 11.5 Å². The van der Waals surface area contributed by atoms with E-state index in [0.29, 0.717) is 35.4 Å². The molecular formula is C21H25N3O4S. The summed E-state index contributed by atoms with van der Waals surface area (Å²) in [6, 6.07) is 5.83. The molecule has 2 aromatic heterocycles. The fourth-order valence-electron chi connectivity index (χ4n) is 3.22. The number of rotatable bonds is 7. The summed E-state index contributed by atoms with van der Waals surface area (Å²) < 4.78 is 15.9. The molecular weight excluding hydrogens is 390 g/mol. The van der Waals surface area contributed by atoms with Crippen LogP contribution in [0.2, 0.25) is 0 Å². The first-order chi connectivity index (χ1) is 13.9. The fourth-order valence-corrected chi connectivity index (χ4v) is 4.33. The molecule has 0 atom stereocenters. The lowest BCUT2D eigenvalue weighted by Gasteiger charge is -2.20. The van der Waals surface area contributed by atoms with Gasteiger partial charge in [-0.3, -0.25) is 0 Å². The van der Waals surface area contributed by atoms with E-state index in [9.17, 15) is 4.79 Å². The van der Waals surface area contributed by atoms with Crippen molar-refractivity contribution < 1.29 is 19.0 Å². The summed E-state index contributed by atoms with van der Waals surface area (Å²) in [5.74, 6) is 2.49. The quantitative estimate of drug-likeness (QED) is 0.537. The van der Waals surface area contributed by atoms with E-state index in [1.807, 2.05) is 44.0 Å². The van der Waals surface area contributed by atoms with E-state index in [1.54, 1.807) is 21.1 Å². The minimum absolute atomic E-state index is 0.320. The van der Waals surface area contributed by atoms with Crippen molar-refractivity contribution in [1.29, 1.82) is 0 Å². The number of fused-ring (bicyclic) bond motifs is 1. The third-order valence-corrected chi connectivity index (χ3v) is 5.74. The zero-order valence-electron chi connectivity index (χ0n) is 17.5. The van der Waals surface area contributed by atoms with Crippen molar-refractivity contribution in [3.63, 3.8) is 0 Å². The topological polar surface area (TPSA) is 73.8 Å². The summed E-state index contributed by atoms with van der Waals surface area (Å²) in [4.78, 5) is 24.9. The Hall–Kier alpha value is -2.87. The number of benzene rings is 1. The van der Waals surface area contributed by atoms with E-state index in [-0.39, 0.29) is 5.97 Å². The third kappa shape index (κ3) is 4.12. The van der Waals surface area contributed by atoms with Crippen LogP contribution in [0.5, 0.6) is 11.5 Å². The van der Waals surface area contributed by atoms with Gasteiger partial charge in [-0.15, -0.1) is 11.3 Å². The minimum Gasteiger partial charge on any atom is -0.493 e. The Morgan fingerprint density at radius 2 is 1.86 bits per heavy atom. The second kappa shape index (κ2) is 8.65. The molecule has 7 nitrogen and oxygen atoms in total. The van der Waals surface area contributed by atoms with Crippen LogP contribution in [-0.4, -0.2) is 43.8 Å². The number of aryl methyl sites for hydroxylation is 2. The van der Waals surface area contributed by atoms with Crippen LogP contribution < -0.4 is 14.4 Å². The van der Waals surface area contributed by atoms with Gasteiger partial charge in [-0.05, 0) is 44.0 Å². The number of thiophene rings is 1. The van der Waals surface area contributed by atoms with E-state index in [1.165, 1.54) is 11.3 Å². The van der Waals surface area contributed by atoms with E-state index in [0.717, 1.165) is 27.2 Å². The zero-order valence-corrected chi connectivity index (χ0v) is 18.3. The van der Waals surface area contributed by atoms with Gasteiger partial charge in [0.2, 0.25) is 0 Å². The molecule has 0 N–H and O–H groups in total. The van der Waals surface area contributed by atoms with Crippen molar-refractivity contribution in [2.75, 3.05) is 32.8 Å². The molecule has 0 fully saturated rings. The van der Waals surface area contributed by atoms with Gasteiger partial charge in [0.15, 0.2) is 11.5 Å². The van der Waals surface area contributed by atoms with Gasteiger partial charge in [0.25, 0.3) is 0 Å². The Morgan fingerprint density at radius 3 is 2.52 bits per heavy atom. The van der Waals surface area contributed by atoms with Gasteiger partial charge in [0, 0.05) is 13.6 Å². The highest BCUT2D eigenvalue weighted by atomic mass is 32.1. The van der Waals surface area contributed by atoms with Crippen LogP contribution in [0.15, 0.2) is 18.2 Å². The van der Waals surface area contributed by atoms with Gasteiger partial charge in [-0.25, -0.2) is 14.8 Å². The third-order valence-electron chi connectivity index (χ3n) is 4.57. The van der Waals surface area contributed by atoms with Gasteiger partial charge in [0.05, 0.1) is 26.2 Å². The maximum Gasteiger partial charge on any atom is 0.348 e. The van der Waals surface area contributed by atoms with Crippen molar-refractivity contribution in [2.24, 2.45) is 0 Å². The SMILES string of the molecule is CCOC(=O)c1sc2nc(C)nc(N(C)Cc3ccc(OC)c(OC)c3)c2c1C. The molecule has 0 saturated carbocycles. The average Bonchev–Trinajstić information content (AvgIpc) is 3.03. The normalized spacial score (nSPS) is 10.8. The molecule has 8 heteroatoms. The number of hydrogen-bond donors (Lipinski definition) is 0. The largest absolute Gasteiger partial charge is 0.493 e. The van der Waals surface area contributed by atoms with Crippen LogP contribution >= 0.6 is 11.3 Å². The van der Waals surface area contributed by atoms with Crippen LogP contribution in [0.25, 0.3) is 10.2 Å². The lowest BCUT2D eigenvalue weighted by Crippen LogP contribution is -2.19. The lowest BCUT2D eigenvalue weighted by atomic mass is 10.1. The Balaban J connectivity index is 2.01. The molecule has 0 amide bonds. The number of hydrogen-bond acceptors (Lipinski definition) is 8. The lowest BCUT2D eigenvalue weighted by molar-refractivity contribution is 0.0531. The van der Waals surface area contributed by atoms with Crippen molar-refractivity contribution >= 4 is 33.3 Å². The number of esters is 1. The van der Waals surface area contributed by atoms with Crippen molar-refractivity contribution in [1.82, 2.24) is 9.97 Å². The maximum atomic E-state index is 12.3. The van der Waals surface area contributed by atoms with Crippen molar-refractivity contribution in [2.45, 2.75) is 27.3 Å². The Kier molecular flexibility index (Phi) is 6.22. The van der Waals surface area contributed by atoms with E-state index in [2.05, 4.69) is 9.97 Å². The molecule has 0 aliphatic carbocycles. The summed E-state index contributed by atoms with van der Waals surface area (Å²) in [6.45, 7) is 6.51. The number of anilines is 1. The van der Waals surface area contributed by atoms with Crippen LogP contribution in [0.3, 0.4) is 0 Å². The smallest absolute Gasteiger partial charge is 0.348 e. The summed E-state index contributed by atoms with van der Waals surface area (Å²) >= 11 is 1.35. The number of methoxy groups -OCH3 is 2. The molecule has 29 heavy (non-hydrogen) atoms. The van der Waals surface area contributed by atoms with E-state index >= 15 is 0 Å². The first-order valence-electron chi connectivity index (χ1n) is 9.26. The highest BCUT2D eigenvalue weighted by molar-refractivity contribution is 7.20. The molecule has 3 aromatic rings. The van der Waals surface area contributed by atoms with E-state index < -0.39 is 0 Å². The van der Waals surface area contributed by atoms with Crippen LogP contribution in [-0.2, 0) is 11.3 Å². The van der Waals surface area contributed by atoms with E-state index in [4.69, 9.17) is 14.2 Å². The average molecular weight is 416 g/mol. The number of carbonyl (C=O) groups excluding carboxylic acids is 1. The summed E-state index contributed by atoms with van der Waals surface area (Å²) in [5, 5.41) is 0.881. The molecule has 154 valence electrons. The molecule has 0 bridgehead atoms. The predicted molar refractivity (Wildman–Crippen MR) is 114 cm³/mol. The molecule has 0 unspecified atom stereocenters. The molecule has 0 radical (unpaired) electrons. The second-order valence-corrected chi connectivity index (χ2v) is 7.60. The van der Waals surface area contributed by atoms with Gasteiger partial charge in [-0.1, -0.05) is 6.07 Å². The predicted octanol–water partition coefficient (Wildman–Crippen LogP) is 4.14. The summed E-state index contributed by atoms with van der Waals surface area (Å²) in [5.41, 5.74) is 1.89.